The Morgan fingerprint density at radius 3 is 2.46 bits per heavy atom. The summed E-state index contributed by atoms with van der Waals surface area (Å²) in [6.07, 6.45) is 0.755. The lowest BCUT2D eigenvalue weighted by atomic mass is 9.82. The highest BCUT2D eigenvalue weighted by Crippen LogP contribution is 2.60. The fraction of sp³-hybridized carbons (Fsp3) is 0.426. The van der Waals surface area contributed by atoms with Gasteiger partial charge in [-0.25, -0.2) is 0 Å². The van der Waals surface area contributed by atoms with Gasteiger partial charge in [0, 0.05) is 47.4 Å². The first-order valence-electron chi connectivity index (χ1n) is 21.2. The third kappa shape index (κ3) is 9.00. The van der Waals surface area contributed by atoms with Crippen LogP contribution in [0.25, 0.3) is 0 Å². The van der Waals surface area contributed by atoms with Gasteiger partial charge in [0.1, 0.15) is 5.75 Å². The van der Waals surface area contributed by atoms with Gasteiger partial charge >= 0.3 is 0 Å². The lowest BCUT2D eigenvalue weighted by Gasteiger charge is -2.35. The molecule has 5 atom stereocenters. The number of nitrogens with zero attached hydrogens (tertiary/aromatic N) is 3. The zero-order valence-corrected chi connectivity index (χ0v) is 37.0. The number of anilines is 3. The summed E-state index contributed by atoms with van der Waals surface area (Å²) in [5.74, 6) is -0.717. The number of hydrogen-bond donors (Lipinski definition) is 3. The number of benzene rings is 4. The van der Waals surface area contributed by atoms with Crippen LogP contribution in [0.5, 0.6) is 5.75 Å². The summed E-state index contributed by atoms with van der Waals surface area (Å²) < 4.78 is 29.3. The van der Waals surface area contributed by atoms with Gasteiger partial charge in [-0.15, -0.1) is 0 Å². The van der Waals surface area contributed by atoms with Crippen molar-refractivity contribution in [2.75, 3.05) is 42.7 Å². The lowest BCUT2D eigenvalue weighted by Crippen LogP contribution is -2.49. The van der Waals surface area contributed by atoms with E-state index in [2.05, 4.69) is 5.32 Å². The van der Waals surface area contributed by atoms with Crippen molar-refractivity contribution in [1.29, 1.82) is 0 Å². The molecule has 1 saturated heterocycles. The van der Waals surface area contributed by atoms with Crippen molar-refractivity contribution in [2.45, 2.75) is 89.0 Å². The number of aliphatic hydroxyl groups is 2. The predicted molar refractivity (Wildman–Crippen MR) is 237 cm³/mol. The number of ether oxygens (including phenoxy) is 2. The molecule has 3 amide bonds. The van der Waals surface area contributed by atoms with E-state index in [1.54, 1.807) is 46.0 Å². The second-order valence-electron chi connectivity index (χ2n) is 16.8. The smallest absolute Gasteiger partial charge is 0.264 e. The number of carbonyl (C=O) groups is 3. The first kappa shape index (κ1) is 44.4. The van der Waals surface area contributed by atoms with E-state index in [1.165, 1.54) is 0 Å². The van der Waals surface area contributed by atoms with Gasteiger partial charge in [0.15, 0.2) is 5.60 Å². The summed E-state index contributed by atoms with van der Waals surface area (Å²) in [5.41, 5.74) is 2.74. The van der Waals surface area contributed by atoms with Crippen LogP contribution in [0.2, 0.25) is 23.7 Å². The van der Waals surface area contributed by atoms with Gasteiger partial charge < -0.3 is 38.9 Å². The number of unbranched alkanes of at least 4 members (excludes halogenated alkanes) is 1. The molecule has 0 saturated carbocycles. The molecule has 3 aliphatic rings. The fourth-order valence-electron chi connectivity index (χ4n) is 9.59. The van der Waals surface area contributed by atoms with E-state index in [0.717, 1.165) is 28.8 Å². The third-order valence-electron chi connectivity index (χ3n) is 12.3. The van der Waals surface area contributed by atoms with Crippen LogP contribution >= 0.6 is 11.6 Å². The topological polar surface area (TPSA) is 132 Å². The van der Waals surface area contributed by atoms with Gasteiger partial charge in [-0.2, -0.15) is 0 Å². The molecule has 3 N–H and O–H groups in total. The quantitative estimate of drug-likeness (QED) is 0.0568. The van der Waals surface area contributed by atoms with Crippen LogP contribution in [0.4, 0.5) is 21.2 Å². The number of fused-ring (bicyclic) bond motifs is 3. The number of nitrogens with one attached hydrogen (secondary N) is 1. The van der Waals surface area contributed by atoms with Crippen LogP contribution in [0.15, 0.2) is 91.0 Å². The molecule has 61 heavy (non-hydrogen) atoms. The average Bonchev–Trinajstić information content (AvgIpc) is 3.65. The number of carbonyl (C=O) groups excluding carboxylic acids is 3. The first-order valence-corrected chi connectivity index (χ1v) is 24.6. The zero-order valence-electron chi connectivity index (χ0n) is 35.3. The number of rotatable bonds is 17. The lowest BCUT2D eigenvalue weighted by molar-refractivity contribution is -0.150. The Morgan fingerprint density at radius 1 is 0.984 bits per heavy atom. The molecule has 4 aromatic carbocycles. The molecule has 1 unspecified atom stereocenters. The monoisotopic (exact) mass is 870 g/mol. The van der Waals surface area contributed by atoms with Gasteiger partial charge in [0.05, 0.1) is 49.7 Å². The Labute approximate surface area is 363 Å². The molecule has 1 fully saturated rings. The summed E-state index contributed by atoms with van der Waals surface area (Å²) >= 11 is 6.64. The van der Waals surface area contributed by atoms with Gasteiger partial charge in [-0.05, 0) is 111 Å². The van der Waals surface area contributed by atoms with E-state index in [-0.39, 0.29) is 57.0 Å². The Bertz CT molecular complexity index is 2230. The average molecular weight is 872 g/mol. The Kier molecular flexibility index (Phi) is 13.7. The first-order chi connectivity index (χ1) is 29.3. The van der Waals surface area contributed by atoms with Crippen molar-refractivity contribution < 1.29 is 38.2 Å². The molecule has 0 aromatic heterocycles. The molecular formula is C47H56ClFN4O7Si. The third-order valence-corrected chi connectivity index (χ3v) is 15.0. The minimum absolute atomic E-state index is 0.0821. The van der Waals surface area contributed by atoms with Crippen LogP contribution in [0, 0.1) is 5.92 Å². The van der Waals surface area contributed by atoms with Gasteiger partial charge in [-0.1, -0.05) is 61.0 Å². The van der Waals surface area contributed by atoms with E-state index >= 15 is 8.90 Å². The van der Waals surface area contributed by atoms with Crippen molar-refractivity contribution in [3.63, 3.8) is 0 Å². The molecule has 11 nitrogen and oxygen atoms in total. The van der Waals surface area contributed by atoms with Crippen LogP contribution in [0.3, 0.4) is 0 Å². The molecule has 14 heteroatoms. The van der Waals surface area contributed by atoms with Gasteiger partial charge in [0.25, 0.3) is 5.91 Å². The molecule has 3 heterocycles. The minimum atomic E-state index is -3.60. The molecular weight excluding hydrogens is 815 g/mol. The Balaban J connectivity index is 1.20. The highest BCUT2D eigenvalue weighted by molar-refractivity contribution is 6.72. The molecule has 3 aliphatic heterocycles. The van der Waals surface area contributed by atoms with Crippen molar-refractivity contribution in [1.82, 2.24) is 10.2 Å². The van der Waals surface area contributed by atoms with Crippen LogP contribution in [-0.2, 0) is 44.2 Å². The molecule has 0 radical (unpaired) electrons. The summed E-state index contributed by atoms with van der Waals surface area (Å²) in [6, 6.07) is 27.4. The second kappa shape index (κ2) is 18.8. The van der Waals surface area contributed by atoms with Crippen molar-refractivity contribution >= 4 is 54.8 Å². The number of hydrogen-bond acceptors (Lipinski definition) is 8. The SMILES string of the molecule is CCOc1ccc2c(c1)CC(NCCCCO)C(=O)N2c1cccc(CN2C(=O)[C@]3(O[C@H](CC(=O)N(CCO)Cc4ccccc4)[C@@H]([Si](C)(C)F)[C@@H]3C)c3cc(Cl)ccc32)c1. The maximum atomic E-state index is 16.6. The number of halogens is 2. The summed E-state index contributed by atoms with van der Waals surface area (Å²) in [7, 11) is -3.60. The Hall–Kier alpha value is -4.63. The van der Waals surface area contributed by atoms with Crippen molar-refractivity contribution in [3.05, 3.63) is 118 Å². The zero-order chi connectivity index (χ0) is 43.5. The van der Waals surface area contributed by atoms with E-state index in [9.17, 15) is 19.8 Å². The number of aliphatic hydroxyl groups excluding tert-OH is 2. The van der Waals surface area contributed by atoms with Crippen LogP contribution < -0.4 is 19.9 Å². The highest BCUT2D eigenvalue weighted by atomic mass is 35.5. The van der Waals surface area contributed by atoms with Crippen molar-refractivity contribution in [3.8, 4) is 5.75 Å². The van der Waals surface area contributed by atoms with Crippen LogP contribution in [-0.4, -0.2) is 86.3 Å². The van der Waals surface area contributed by atoms with E-state index < -0.39 is 37.6 Å². The molecule has 0 bridgehead atoms. The normalized spacial score (nSPS) is 22.2. The maximum absolute atomic E-state index is 16.6. The summed E-state index contributed by atoms with van der Waals surface area (Å²) in [6.45, 7) is 8.36. The highest BCUT2D eigenvalue weighted by Gasteiger charge is 2.67. The standard InChI is InChI=1S/C47H56ClFN4O7Si/c1-5-59-37-17-19-40-34(25-37)26-39(50-20-9-10-22-54)45(57)53(40)36-15-11-14-33(24-36)30-52-41-18-16-35(48)27-38(41)47(46(52)58)31(2)44(61(3,4)49)42(60-47)28-43(56)51(21-23-55)29-32-12-7-6-8-13-32/h6-8,11-19,24-25,27,31,39,42,44,50,54-55H,5,9-10,20-23,26,28-30H2,1-4H3/t31-,39?,42+,44-,47+/m0/s1. The van der Waals surface area contributed by atoms with Crippen molar-refractivity contribution in [2.24, 2.45) is 5.92 Å². The fourth-order valence-corrected chi connectivity index (χ4v) is 12.3. The maximum Gasteiger partial charge on any atom is 0.264 e. The Morgan fingerprint density at radius 2 is 1.74 bits per heavy atom. The molecule has 4 aromatic rings. The molecule has 1 spiro atoms. The molecule has 7 rings (SSSR count). The molecule has 0 aliphatic carbocycles. The van der Waals surface area contributed by atoms with Gasteiger partial charge in [-0.3, -0.25) is 19.3 Å². The van der Waals surface area contributed by atoms with E-state index in [0.29, 0.717) is 53.7 Å². The minimum Gasteiger partial charge on any atom is -0.494 e. The molecule has 324 valence electrons. The van der Waals surface area contributed by atoms with Crippen LogP contribution in [0.1, 0.15) is 55.4 Å². The van der Waals surface area contributed by atoms with Gasteiger partial charge in [0.2, 0.25) is 20.2 Å². The summed E-state index contributed by atoms with van der Waals surface area (Å²) in [5, 5.41) is 23.0. The second-order valence-corrected chi connectivity index (χ2v) is 21.0. The largest absolute Gasteiger partial charge is 0.494 e. The predicted octanol–water partition coefficient (Wildman–Crippen LogP) is 7.42. The van der Waals surface area contributed by atoms with E-state index in [1.807, 2.05) is 86.6 Å². The van der Waals surface area contributed by atoms with E-state index in [4.69, 9.17) is 21.1 Å². The number of amides is 3. The summed E-state index contributed by atoms with van der Waals surface area (Å²) in [4.78, 5) is 48.4.